The van der Waals surface area contributed by atoms with Crippen molar-refractivity contribution in [2.45, 2.75) is 118 Å². The molecule has 4 aliphatic rings. The highest BCUT2D eigenvalue weighted by Crippen LogP contribution is 2.46. The SMILES string of the molecule is CC(C)O[Si]O[Si]1(O[Si](C)C)O[Si]2(O[Si](C)C)O[Si]3(OC(C)C)O[Si]O[Si]4(O[Si](C)C)O[Si](O[Si](C)C)(O3)O[Si](O[Si](C)C)(O2)O[Si](O[Si](C)C)(O1)O4. The van der Waals surface area contributed by atoms with Gasteiger partial charge in [-0.15, -0.1) is 0 Å². The van der Waals surface area contributed by atoms with E-state index in [1.54, 1.807) is 13.8 Å². The molecule has 302 valence electrons. The fourth-order valence-corrected chi connectivity index (χ4v) is 51.8. The van der Waals surface area contributed by atoms with Crippen LogP contribution in [0, 0.1) is 0 Å². The normalized spacial score (nSPS) is 38.0. The highest BCUT2D eigenvalue weighted by Gasteiger charge is 2.86. The van der Waals surface area contributed by atoms with Crippen LogP contribution < -0.4 is 0 Å². The highest BCUT2D eigenvalue weighted by molar-refractivity contribution is 6.98. The van der Waals surface area contributed by atoms with E-state index in [0.717, 1.165) is 0 Å². The van der Waals surface area contributed by atoms with Crippen molar-refractivity contribution in [1.82, 2.24) is 0 Å². The van der Waals surface area contributed by atoms with Gasteiger partial charge in [0.05, 0.1) is 0 Å². The van der Waals surface area contributed by atoms with Crippen molar-refractivity contribution in [1.29, 1.82) is 0 Å². The van der Waals surface area contributed by atoms with Gasteiger partial charge in [-0.2, -0.15) is 0 Å². The molecule has 4 aliphatic heterocycles. The minimum Gasteiger partial charge on any atom is -0.395 e. The number of rotatable bonds is 18. The monoisotopic (exact) mass is 1010 g/mol. The number of hydrogen-bond acceptors (Lipinski definition) is 20. The summed E-state index contributed by atoms with van der Waals surface area (Å²) in [7, 11) is -45.4. The van der Waals surface area contributed by atoms with Gasteiger partial charge in [0, 0.05) is 12.2 Å². The molecule has 0 aliphatic carbocycles. The van der Waals surface area contributed by atoms with E-state index in [1.807, 2.05) is 92.4 Å². The minimum absolute atomic E-state index is 0.230. The molecule has 7 unspecified atom stereocenters. The summed E-state index contributed by atoms with van der Waals surface area (Å²) >= 11 is 0. The first-order chi connectivity index (χ1) is 24.4. The van der Waals surface area contributed by atoms with Crippen molar-refractivity contribution in [3.8, 4) is 0 Å². The van der Waals surface area contributed by atoms with Crippen molar-refractivity contribution < 1.29 is 82.9 Å². The third-order valence-electron chi connectivity index (χ3n) is 5.39. The zero-order valence-electron chi connectivity index (χ0n) is 32.8. The predicted molar refractivity (Wildman–Crippen MR) is 209 cm³/mol. The highest BCUT2D eigenvalue weighted by atomic mass is 28.7. The molecule has 0 amide bonds. The van der Waals surface area contributed by atoms with E-state index in [9.17, 15) is 0 Å². The first-order valence-corrected chi connectivity index (χ1v) is 44.1. The largest absolute Gasteiger partial charge is 0.659 e. The summed E-state index contributed by atoms with van der Waals surface area (Å²) in [6.45, 7) is 29.7. The molecule has 35 heteroatoms. The van der Waals surface area contributed by atoms with E-state index >= 15 is 0 Å². The summed E-state index contributed by atoms with van der Waals surface area (Å²) in [4.78, 5) is 0. The van der Waals surface area contributed by atoms with Crippen LogP contribution in [-0.4, -0.2) is 150 Å². The van der Waals surface area contributed by atoms with E-state index in [2.05, 4.69) is 0 Å². The lowest BCUT2D eigenvalue weighted by atomic mass is 10.5. The van der Waals surface area contributed by atoms with E-state index in [0.29, 0.717) is 0 Å². The van der Waals surface area contributed by atoms with Crippen LogP contribution in [0.25, 0.3) is 0 Å². The van der Waals surface area contributed by atoms with E-state index in [4.69, 9.17) is 82.9 Å². The molecule has 6 bridgehead atoms. The number of hydrogen-bond donors (Lipinski definition) is 0. The van der Waals surface area contributed by atoms with Gasteiger partial charge in [0.2, 0.25) is 0 Å². The summed E-state index contributed by atoms with van der Waals surface area (Å²) in [5.74, 6) is 0. The van der Waals surface area contributed by atoms with Crippen LogP contribution in [0.3, 0.4) is 0 Å². The third-order valence-corrected chi connectivity index (χ3v) is 44.5. The lowest BCUT2D eigenvalue weighted by Gasteiger charge is -2.55. The molecule has 0 aromatic heterocycles. The lowest BCUT2D eigenvalue weighted by molar-refractivity contribution is -0.103. The Balaban J connectivity index is 2.18. The molecule has 53 heavy (non-hydrogen) atoms. The van der Waals surface area contributed by atoms with Crippen LogP contribution in [0.4, 0.5) is 0 Å². The molecule has 0 N–H and O–H groups in total. The first kappa shape index (κ1) is 48.1. The molecule has 20 nitrogen and oxygen atoms in total. The second kappa shape index (κ2) is 19.0. The standard InChI is InChI=1S/C18H50O20Si15/c1-17(2)19-39-21-48(24-41(5)6)32-50(26-43(9)10)30-47(20-18(3)4)22-40-23-49(25-42(7)8)34-51(31-47,27-44(11)12)37-53(36-50,29-46(15)16)38-52(33-48,35-49)28-45(13)14/h17-18H,1-16H3. The van der Waals surface area contributed by atoms with E-state index in [-0.39, 0.29) is 6.10 Å². The van der Waals surface area contributed by atoms with Gasteiger partial charge in [-0.25, -0.2) is 0 Å². The van der Waals surface area contributed by atoms with Crippen molar-refractivity contribution in [2.75, 3.05) is 0 Å². The maximum atomic E-state index is 7.03. The van der Waals surface area contributed by atoms with Gasteiger partial charge < -0.3 is 82.9 Å². The quantitative estimate of drug-likeness (QED) is 0.181. The van der Waals surface area contributed by atoms with Crippen LogP contribution >= 0.6 is 0 Å². The summed E-state index contributed by atoms with van der Waals surface area (Å²) in [6.07, 6.45) is -0.778. The Morgan fingerprint density at radius 3 is 1.09 bits per heavy atom. The fourth-order valence-electron chi connectivity index (χ4n) is 4.35. The molecule has 0 saturated carbocycles. The molecule has 10 radical (unpaired) electrons. The van der Waals surface area contributed by atoms with Crippen LogP contribution in [0.5, 0.6) is 0 Å². The van der Waals surface area contributed by atoms with Gasteiger partial charge in [-0.05, 0) is 106 Å². The molecule has 0 aromatic carbocycles. The minimum atomic E-state index is -4.88. The third kappa shape index (κ3) is 13.2. The average molecular weight is 1010 g/mol. The van der Waals surface area contributed by atoms with Crippen molar-refractivity contribution in [3.05, 3.63) is 0 Å². The van der Waals surface area contributed by atoms with Crippen molar-refractivity contribution in [3.63, 3.8) is 0 Å². The zero-order chi connectivity index (χ0) is 39.7. The Morgan fingerprint density at radius 2 is 0.736 bits per heavy atom. The topological polar surface area (TPSA) is 185 Å². The summed E-state index contributed by atoms with van der Waals surface area (Å²) in [6, 6.07) is 0. The molecule has 4 saturated heterocycles. The Bertz CT molecular complexity index is 1140. The molecule has 4 heterocycles. The summed E-state index contributed by atoms with van der Waals surface area (Å²) < 4.78 is 134. The second-order valence-corrected chi connectivity index (χ2v) is 46.7. The van der Waals surface area contributed by atoms with Gasteiger partial charge in [0.1, 0.15) is 0 Å². The number of fused-ring (bicyclic) bond motifs is 4. The first-order valence-electron chi connectivity index (χ1n) is 16.5. The summed E-state index contributed by atoms with van der Waals surface area (Å²) in [5.41, 5.74) is 0. The Hall–Kier alpha value is 2.45. The molecule has 4 rings (SSSR count). The van der Waals surface area contributed by atoms with Crippen molar-refractivity contribution >= 4 is 138 Å². The predicted octanol–water partition coefficient (Wildman–Crippen LogP) is 1.81. The average Bonchev–Trinajstić information content (AvgIpc) is 2.86. The molecular weight excluding hydrogens is 957 g/mol. The van der Waals surface area contributed by atoms with Gasteiger partial charge in [-0.3, -0.25) is 0 Å². The van der Waals surface area contributed by atoms with Crippen LogP contribution in [-0.2, 0) is 82.9 Å². The van der Waals surface area contributed by atoms with Gasteiger partial charge in [0.25, 0.3) is 0 Å². The van der Waals surface area contributed by atoms with Crippen LogP contribution in [0.1, 0.15) is 27.7 Å². The maximum absolute atomic E-state index is 7.03. The van der Waals surface area contributed by atoms with Gasteiger partial charge in [0.15, 0.2) is 54.2 Å². The van der Waals surface area contributed by atoms with E-state index in [1.165, 1.54) is 0 Å². The molecule has 0 spiro atoms. The smallest absolute Gasteiger partial charge is 0.395 e. The summed E-state index contributed by atoms with van der Waals surface area (Å²) in [5, 5.41) is 0. The Labute approximate surface area is 337 Å². The van der Waals surface area contributed by atoms with E-state index < -0.39 is 144 Å². The van der Waals surface area contributed by atoms with Gasteiger partial charge >= 0.3 is 83.3 Å². The van der Waals surface area contributed by atoms with Crippen LogP contribution in [0.15, 0.2) is 0 Å². The van der Waals surface area contributed by atoms with Crippen LogP contribution in [0.2, 0.25) is 78.6 Å². The Morgan fingerprint density at radius 1 is 0.415 bits per heavy atom. The molecule has 4 fully saturated rings. The molecule has 7 atom stereocenters. The zero-order valence-corrected chi connectivity index (χ0v) is 47.8. The van der Waals surface area contributed by atoms with Crippen molar-refractivity contribution in [2.24, 2.45) is 0 Å². The Kier molecular flexibility index (Phi) is 17.3. The lowest BCUT2D eigenvalue weighted by Crippen LogP contribution is -2.87. The molecular formula is C18H50O20Si15. The van der Waals surface area contributed by atoms with Gasteiger partial charge in [-0.1, -0.05) is 0 Å². The second-order valence-electron chi connectivity index (χ2n) is 13.3. The molecule has 0 aromatic rings. The maximum Gasteiger partial charge on any atom is 0.659 e. The fraction of sp³-hybridized carbons (Fsp3) is 1.00.